The molecule has 0 aliphatic carbocycles. The molecular formula is C6H6ClN3O2. The molecule has 0 N–H and O–H groups in total. The van der Waals surface area contributed by atoms with Crippen LogP contribution >= 0.6 is 11.6 Å². The molecule has 0 unspecified atom stereocenters. The zero-order chi connectivity index (χ0) is 9.14. The fraction of sp³-hybridized carbons (Fsp3) is 0.167. The van der Waals surface area contributed by atoms with Crippen LogP contribution in [0.2, 0.25) is 5.02 Å². The zero-order valence-electron chi connectivity index (χ0n) is 6.27. The summed E-state index contributed by atoms with van der Waals surface area (Å²) in [6.07, 6.45) is 3.62. The zero-order valence-corrected chi connectivity index (χ0v) is 7.02. The van der Waals surface area contributed by atoms with Gasteiger partial charge in [0.2, 0.25) is 6.20 Å². The van der Waals surface area contributed by atoms with Crippen LogP contribution in [0.25, 0.3) is 6.08 Å². The van der Waals surface area contributed by atoms with E-state index >= 15 is 0 Å². The van der Waals surface area contributed by atoms with Gasteiger partial charge in [0.05, 0.1) is 9.95 Å². The molecule has 1 rings (SSSR count). The molecule has 12 heavy (non-hydrogen) atoms. The molecule has 0 saturated carbocycles. The molecule has 0 aliphatic rings. The van der Waals surface area contributed by atoms with Crippen molar-refractivity contribution < 1.29 is 4.92 Å². The Balaban J connectivity index is 2.89. The number of aryl methyl sites for hydroxylation is 1. The van der Waals surface area contributed by atoms with Gasteiger partial charge in [-0.05, 0) is 0 Å². The predicted octanol–water partition coefficient (Wildman–Crippen LogP) is 1.32. The van der Waals surface area contributed by atoms with Crippen LogP contribution in [0.3, 0.4) is 0 Å². The Morgan fingerprint density at radius 2 is 2.50 bits per heavy atom. The Labute approximate surface area is 73.4 Å². The minimum Gasteiger partial charge on any atom is -0.274 e. The minimum atomic E-state index is -0.564. The van der Waals surface area contributed by atoms with Crippen molar-refractivity contribution in [3.63, 3.8) is 0 Å². The maximum atomic E-state index is 9.93. The van der Waals surface area contributed by atoms with E-state index < -0.39 is 4.92 Å². The highest BCUT2D eigenvalue weighted by atomic mass is 35.5. The molecule has 0 aromatic carbocycles. The lowest BCUT2D eigenvalue weighted by molar-refractivity contribution is -0.401. The van der Waals surface area contributed by atoms with Crippen molar-refractivity contribution in [1.29, 1.82) is 0 Å². The van der Waals surface area contributed by atoms with Gasteiger partial charge >= 0.3 is 0 Å². The van der Waals surface area contributed by atoms with Crippen molar-refractivity contribution in [1.82, 2.24) is 9.78 Å². The maximum absolute atomic E-state index is 9.93. The van der Waals surface area contributed by atoms with E-state index in [1.165, 1.54) is 10.8 Å². The van der Waals surface area contributed by atoms with E-state index in [1.54, 1.807) is 13.2 Å². The smallest absolute Gasteiger partial charge is 0.236 e. The first-order valence-electron chi connectivity index (χ1n) is 3.10. The van der Waals surface area contributed by atoms with E-state index in [4.69, 9.17) is 11.6 Å². The summed E-state index contributed by atoms with van der Waals surface area (Å²) < 4.78 is 1.49. The van der Waals surface area contributed by atoms with Gasteiger partial charge in [-0.15, -0.1) is 0 Å². The van der Waals surface area contributed by atoms with Crippen LogP contribution < -0.4 is 0 Å². The highest BCUT2D eigenvalue weighted by molar-refractivity contribution is 6.31. The van der Waals surface area contributed by atoms with Crippen LogP contribution in [0.5, 0.6) is 0 Å². The third kappa shape index (κ3) is 2.06. The molecule has 0 saturated heterocycles. The van der Waals surface area contributed by atoms with Gasteiger partial charge in [0.15, 0.2) is 0 Å². The fourth-order valence-electron chi connectivity index (χ4n) is 0.721. The van der Waals surface area contributed by atoms with Gasteiger partial charge in [-0.1, -0.05) is 11.6 Å². The summed E-state index contributed by atoms with van der Waals surface area (Å²) in [6, 6.07) is 0. The second-order valence-corrected chi connectivity index (χ2v) is 2.54. The SMILES string of the molecule is Cn1cc(Cl)c(/C=C/[N+](=O)[O-])n1. The van der Waals surface area contributed by atoms with Gasteiger partial charge in [-0.3, -0.25) is 14.8 Å². The van der Waals surface area contributed by atoms with Gasteiger partial charge in [-0.25, -0.2) is 0 Å². The first kappa shape index (κ1) is 8.73. The molecule has 0 atom stereocenters. The van der Waals surface area contributed by atoms with Gasteiger partial charge in [-0.2, -0.15) is 5.10 Å². The number of halogens is 1. The summed E-state index contributed by atoms with van der Waals surface area (Å²) in [5.41, 5.74) is 0.399. The summed E-state index contributed by atoms with van der Waals surface area (Å²) in [5, 5.41) is 14.2. The van der Waals surface area contributed by atoms with E-state index in [0.717, 1.165) is 6.20 Å². The number of nitro groups is 1. The average molecular weight is 188 g/mol. The summed E-state index contributed by atoms with van der Waals surface area (Å²) in [6.45, 7) is 0. The van der Waals surface area contributed by atoms with Crippen molar-refractivity contribution in [3.8, 4) is 0 Å². The molecule has 0 spiro atoms. The van der Waals surface area contributed by atoms with Gasteiger partial charge < -0.3 is 0 Å². The fourth-order valence-corrected chi connectivity index (χ4v) is 0.963. The molecular weight excluding hydrogens is 182 g/mol. The molecule has 1 aromatic rings. The summed E-state index contributed by atoms with van der Waals surface area (Å²) in [5.74, 6) is 0. The van der Waals surface area contributed by atoms with Gasteiger partial charge in [0.1, 0.15) is 5.69 Å². The standard InChI is InChI=1S/C6H6ClN3O2/c1-9-4-5(7)6(8-9)2-3-10(11)12/h2-4H,1H3/b3-2+. The highest BCUT2D eigenvalue weighted by Crippen LogP contribution is 2.14. The maximum Gasteiger partial charge on any atom is 0.236 e. The van der Waals surface area contributed by atoms with E-state index in [9.17, 15) is 10.1 Å². The molecule has 6 heteroatoms. The minimum absolute atomic E-state index is 0.399. The van der Waals surface area contributed by atoms with Crippen molar-refractivity contribution in [2.24, 2.45) is 7.05 Å². The van der Waals surface area contributed by atoms with Crippen molar-refractivity contribution >= 4 is 17.7 Å². The third-order valence-electron chi connectivity index (χ3n) is 1.16. The molecule has 64 valence electrons. The largest absolute Gasteiger partial charge is 0.274 e. The summed E-state index contributed by atoms with van der Waals surface area (Å²) >= 11 is 5.67. The second-order valence-electron chi connectivity index (χ2n) is 2.14. The number of nitrogens with zero attached hydrogens (tertiary/aromatic N) is 3. The highest BCUT2D eigenvalue weighted by Gasteiger charge is 2.01. The van der Waals surface area contributed by atoms with Crippen LogP contribution in [-0.2, 0) is 7.05 Å². The predicted molar refractivity (Wildman–Crippen MR) is 44.2 cm³/mol. The number of rotatable bonds is 2. The Morgan fingerprint density at radius 1 is 1.83 bits per heavy atom. The van der Waals surface area contributed by atoms with Crippen LogP contribution in [0.15, 0.2) is 12.4 Å². The molecule has 1 aromatic heterocycles. The Hall–Kier alpha value is -1.36. The van der Waals surface area contributed by atoms with Crippen LogP contribution in [-0.4, -0.2) is 14.7 Å². The molecule has 0 radical (unpaired) electrons. The number of hydrogen-bond acceptors (Lipinski definition) is 3. The lowest BCUT2D eigenvalue weighted by Gasteiger charge is -1.82. The van der Waals surface area contributed by atoms with Gasteiger partial charge in [0.25, 0.3) is 0 Å². The van der Waals surface area contributed by atoms with Crippen LogP contribution in [0.1, 0.15) is 5.69 Å². The average Bonchev–Trinajstić information content (AvgIpc) is 2.26. The third-order valence-corrected chi connectivity index (χ3v) is 1.46. The summed E-state index contributed by atoms with van der Waals surface area (Å²) in [7, 11) is 1.69. The summed E-state index contributed by atoms with van der Waals surface area (Å²) in [4.78, 5) is 9.37. The Bertz CT molecular complexity index is 332. The van der Waals surface area contributed by atoms with Crippen molar-refractivity contribution in [2.75, 3.05) is 0 Å². The number of hydrogen-bond donors (Lipinski definition) is 0. The molecule has 1 heterocycles. The van der Waals surface area contributed by atoms with E-state index in [1.807, 2.05) is 0 Å². The van der Waals surface area contributed by atoms with Gasteiger partial charge in [0, 0.05) is 19.3 Å². The second kappa shape index (κ2) is 3.36. The van der Waals surface area contributed by atoms with E-state index in [-0.39, 0.29) is 0 Å². The van der Waals surface area contributed by atoms with Crippen molar-refractivity contribution in [2.45, 2.75) is 0 Å². The topological polar surface area (TPSA) is 61.0 Å². The molecule has 0 bridgehead atoms. The molecule has 0 fully saturated rings. The quantitative estimate of drug-likeness (QED) is 0.518. The van der Waals surface area contributed by atoms with Crippen molar-refractivity contribution in [3.05, 3.63) is 33.2 Å². The Morgan fingerprint density at radius 3 is 2.92 bits per heavy atom. The number of aromatic nitrogens is 2. The van der Waals surface area contributed by atoms with Crippen LogP contribution in [0, 0.1) is 10.1 Å². The molecule has 5 nitrogen and oxygen atoms in total. The Kier molecular flexibility index (Phi) is 2.44. The first-order chi connectivity index (χ1) is 5.59. The lowest BCUT2D eigenvalue weighted by Crippen LogP contribution is -1.87. The normalized spacial score (nSPS) is 10.8. The molecule has 0 amide bonds. The van der Waals surface area contributed by atoms with E-state index in [2.05, 4.69) is 5.10 Å². The van der Waals surface area contributed by atoms with Crippen LogP contribution in [0.4, 0.5) is 0 Å². The lowest BCUT2D eigenvalue weighted by atomic mass is 10.4. The van der Waals surface area contributed by atoms with E-state index in [0.29, 0.717) is 10.7 Å². The molecule has 0 aliphatic heterocycles. The monoisotopic (exact) mass is 187 g/mol. The first-order valence-corrected chi connectivity index (χ1v) is 3.48.